The van der Waals surface area contributed by atoms with E-state index in [4.69, 9.17) is 9.47 Å². The van der Waals surface area contributed by atoms with Crippen LogP contribution in [0.3, 0.4) is 0 Å². The van der Waals surface area contributed by atoms with Gasteiger partial charge in [0.05, 0.1) is 25.2 Å². The summed E-state index contributed by atoms with van der Waals surface area (Å²) in [5.41, 5.74) is 5.91. The highest BCUT2D eigenvalue weighted by Gasteiger charge is 2.32. The number of hydrazone groups is 1. The molecule has 8 heteroatoms. The summed E-state index contributed by atoms with van der Waals surface area (Å²) >= 11 is 1.60. The van der Waals surface area contributed by atoms with Crippen LogP contribution in [-0.2, 0) is 11.3 Å². The maximum atomic E-state index is 12.6. The quantitative estimate of drug-likeness (QED) is 0.310. The third-order valence-corrected chi connectivity index (χ3v) is 6.83. The molecule has 4 rings (SSSR count). The van der Waals surface area contributed by atoms with Crippen LogP contribution in [0.1, 0.15) is 46.3 Å². The summed E-state index contributed by atoms with van der Waals surface area (Å²) in [4.78, 5) is 27.0. The Balaban J connectivity index is 1.38. The zero-order valence-corrected chi connectivity index (χ0v) is 21.2. The van der Waals surface area contributed by atoms with Crippen LogP contribution in [0.4, 0.5) is 0 Å². The number of thioether (sulfide) groups is 1. The predicted molar refractivity (Wildman–Crippen MR) is 142 cm³/mol. The first kappa shape index (κ1) is 25.3. The van der Waals surface area contributed by atoms with Crippen LogP contribution in [0.15, 0.2) is 77.9 Å². The Morgan fingerprint density at radius 3 is 2.47 bits per heavy atom. The second-order valence-electron chi connectivity index (χ2n) is 8.06. The van der Waals surface area contributed by atoms with Crippen LogP contribution in [-0.4, -0.2) is 41.9 Å². The van der Waals surface area contributed by atoms with Crippen LogP contribution in [0.2, 0.25) is 0 Å². The summed E-state index contributed by atoms with van der Waals surface area (Å²) < 4.78 is 11.2. The predicted octanol–water partition coefficient (Wildman–Crippen LogP) is 5.02. The summed E-state index contributed by atoms with van der Waals surface area (Å²) in [7, 11) is 0. The van der Waals surface area contributed by atoms with Gasteiger partial charge in [0.1, 0.15) is 5.37 Å². The fraction of sp³-hybridized carbons (Fsp3) is 0.250. The van der Waals surface area contributed by atoms with E-state index in [0.29, 0.717) is 42.6 Å². The number of amides is 2. The van der Waals surface area contributed by atoms with Gasteiger partial charge in [0.2, 0.25) is 5.91 Å². The van der Waals surface area contributed by atoms with Crippen molar-refractivity contribution in [3.8, 4) is 11.5 Å². The van der Waals surface area contributed by atoms with Crippen molar-refractivity contribution in [3.05, 3.63) is 95.1 Å². The molecule has 0 saturated carbocycles. The molecule has 1 atom stereocenters. The number of benzene rings is 3. The van der Waals surface area contributed by atoms with Crippen molar-refractivity contribution in [2.75, 3.05) is 19.0 Å². The van der Waals surface area contributed by atoms with Crippen LogP contribution < -0.4 is 14.9 Å². The second-order valence-corrected chi connectivity index (χ2v) is 9.13. The van der Waals surface area contributed by atoms with Crippen molar-refractivity contribution in [2.45, 2.75) is 25.8 Å². The molecule has 0 aliphatic carbocycles. The molecule has 3 aromatic rings. The molecule has 0 radical (unpaired) electrons. The van der Waals surface area contributed by atoms with Gasteiger partial charge >= 0.3 is 0 Å². The van der Waals surface area contributed by atoms with E-state index in [-0.39, 0.29) is 17.2 Å². The third kappa shape index (κ3) is 6.26. The van der Waals surface area contributed by atoms with Crippen LogP contribution in [0, 0.1) is 0 Å². The van der Waals surface area contributed by atoms with Gasteiger partial charge in [-0.1, -0.05) is 42.5 Å². The van der Waals surface area contributed by atoms with E-state index in [1.165, 1.54) is 0 Å². The van der Waals surface area contributed by atoms with Gasteiger partial charge in [-0.15, -0.1) is 11.8 Å². The zero-order chi connectivity index (χ0) is 25.3. The van der Waals surface area contributed by atoms with Gasteiger partial charge in [0.25, 0.3) is 5.91 Å². The zero-order valence-electron chi connectivity index (χ0n) is 20.3. The minimum atomic E-state index is -0.315. The lowest BCUT2D eigenvalue weighted by atomic mass is 10.1. The molecule has 36 heavy (non-hydrogen) atoms. The fourth-order valence-corrected chi connectivity index (χ4v) is 5.05. The van der Waals surface area contributed by atoms with Crippen LogP contribution in [0.25, 0.3) is 0 Å². The summed E-state index contributed by atoms with van der Waals surface area (Å²) in [6, 6.07) is 22.8. The Labute approximate surface area is 215 Å². The van der Waals surface area contributed by atoms with Crippen LogP contribution >= 0.6 is 11.8 Å². The largest absolute Gasteiger partial charge is 0.490 e. The number of ether oxygens (including phenoxy) is 2. The molecule has 1 aliphatic rings. The SMILES string of the molecule is CCOc1ccc(/C=N\NC(=O)c2ccc([C@@H]3SCC(=O)N3Cc3ccccc3)cc2)cc1OCC. The fourth-order valence-electron chi connectivity index (χ4n) is 3.86. The molecule has 7 nitrogen and oxygen atoms in total. The molecule has 0 aromatic heterocycles. The molecule has 2 amide bonds. The topological polar surface area (TPSA) is 80.2 Å². The van der Waals surface area contributed by atoms with Crippen LogP contribution in [0.5, 0.6) is 11.5 Å². The first-order chi connectivity index (χ1) is 17.6. The smallest absolute Gasteiger partial charge is 0.271 e. The van der Waals surface area contributed by atoms with Crippen molar-refractivity contribution >= 4 is 29.8 Å². The average molecular weight is 504 g/mol. The molecule has 1 saturated heterocycles. The molecule has 1 heterocycles. The van der Waals surface area contributed by atoms with Gasteiger partial charge in [-0.05, 0) is 60.9 Å². The van der Waals surface area contributed by atoms with E-state index in [9.17, 15) is 9.59 Å². The van der Waals surface area contributed by atoms with E-state index in [2.05, 4.69) is 10.5 Å². The van der Waals surface area contributed by atoms with E-state index in [0.717, 1.165) is 16.7 Å². The molecule has 0 bridgehead atoms. The van der Waals surface area contributed by atoms with Gasteiger partial charge in [-0.2, -0.15) is 5.10 Å². The van der Waals surface area contributed by atoms with Gasteiger partial charge in [-0.25, -0.2) is 5.43 Å². The van der Waals surface area contributed by atoms with Gasteiger partial charge in [-0.3, -0.25) is 9.59 Å². The van der Waals surface area contributed by atoms with E-state index >= 15 is 0 Å². The number of rotatable bonds is 10. The number of hydrogen-bond acceptors (Lipinski definition) is 6. The molecule has 186 valence electrons. The number of nitrogens with one attached hydrogen (secondary N) is 1. The van der Waals surface area contributed by atoms with Gasteiger partial charge in [0.15, 0.2) is 11.5 Å². The minimum Gasteiger partial charge on any atom is -0.490 e. The average Bonchev–Trinajstić information content (AvgIpc) is 3.26. The van der Waals surface area contributed by atoms with Crippen molar-refractivity contribution in [1.29, 1.82) is 0 Å². The van der Waals surface area contributed by atoms with Crippen molar-refractivity contribution in [3.63, 3.8) is 0 Å². The third-order valence-electron chi connectivity index (χ3n) is 5.57. The normalized spacial score (nSPS) is 15.3. The molecule has 1 N–H and O–H groups in total. The van der Waals surface area contributed by atoms with Gasteiger partial charge < -0.3 is 14.4 Å². The summed E-state index contributed by atoms with van der Waals surface area (Å²) in [6.45, 7) is 5.45. The highest BCUT2D eigenvalue weighted by Crippen LogP contribution is 2.39. The van der Waals surface area contributed by atoms with Crippen molar-refractivity contribution in [1.82, 2.24) is 10.3 Å². The maximum absolute atomic E-state index is 12.6. The molecular formula is C28H29N3O4S. The number of carbonyl (C=O) groups is 2. The number of nitrogens with zero attached hydrogens (tertiary/aromatic N) is 2. The summed E-state index contributed by atoms with van der Waals surface area (Å²) in [5, 5.41) is 4.01. The lowest BCUT2D eigenvalue weighted by Crippen LogP contribution is -2.27. The Kier molecular flexibility index (Phi) is 8.62. The molecule has 0 unspecified atom stereocenters. The van der Waals surface area contributed by atoms with Gasteiger partial charge in [0, 0.05) is 12.1 Å². The Bertz CT molecular complexity index is 1220. The van der Waals surface area contributed by atoms with E-state index in [1.54, 1.807) is 30.1 Å². The summed E-state index contributed by atoms with van der Waals surface area (Å²) in [5.74, 6) is 1.56. The second kappa shape index (κ2) is 12.3. The first-order valence-corrected chi connectivity index (χ1v) is 12.9. The lowest BCUT2D eigenvalue weighted by molar-refractivity contribution is -0.128. The minimum absolute atomic E-state index is 0.0768. The number of carbonyl (C=O) groups excluding carboxylic acids is 2. The Morgan fingerprint density at radius 1 is 1.03 bits per heavy atom. The maximum Gasteiger partial charge on any atom is 0.271 e. The Hall–Kier alpha value is -3.78. The number of hydrogen-bond donors (Lipinski definition) is 1. The highest BCUT2D eigenvalue weighted by atomic mass is 32.2. The highest BCUT2D eigenvalue weighted by molar-refractivity contribution is 8.00. The van der Waals surface area contributed by atoms with Crippen molar-refractivity contribution in [2.24, 2.45) is 5.10 Å². The molecule has 1 aliphatic heterocycles. The molecular weight excluding hydrogens is 474 g/mol. The summed E-state index contributed by atoms with van der Waals surface area (Å²) in [6.07, 6.45) is 1.56. The van der Waals surface area contributed by atoms with Crippen molar-refractivity contribution < 1.29 is 19.1 Å². The Morgan fingerprint density at radius 2 is 1.75 bits per heavy atom. The monoisotopic (exact) mass is 503 g/mol. The van der Waals surface area contributed by atoms with E-state index < -0.39 is 0 Å². The molecule has 3 aromatic carbocycles. The lowest BCUT2D eigenvalue weighted by Gasteiger charge is -2.24. The van der Waals surface area contributed by atoms with E-state index in [1.807, 2.05) is 79.4 Å². The molecule has 1 fully saturated rings. The first-order valence-electron chi connectivity index (χ1n) is 11.9. The molecule has 0 spiro atoms. The standard InChI is InChI=1S/C28H29N3O4S/c1-3-34-24-15-10-21(16-25(24)35-4-2)17-29-30-27(33)22-11-13-23(14-12-22)28-31(26(32)19-36-28)18-20-8-6-5-7-9-20/h5-17,28H,3-4,18-19H2,1-2H3,(H,30,33)/b29-17-/t28-/m0/s1.